The Morgan fingerprint density at radius 2 is 1.52 bits per heavy atom. The van der Waals surface area contributed by atoms with E-state index in [-0.39, 0.29) is 16.5 Å². The topological polar surface area (TPSA) is 17.8 Å². The van der Waals surface area contributed by atoms with Gasteiger partial charge in [0.25, 0.3) is 0 Å². The normalized spacial score (nSPS) is 12.8. The first-order valence-corrected chi connectivity index (χ1v) is 7.06. The average Bonchev–Trinajstić information content (AvgIpc) is 2.72. The Hall–Kier alpha value is -1.71. The van der Waals surface area contributed by atoms with Crippen molar-refractivity contribution in [1.29, 1.82) is 0 Å². The highest BCUT2D eigenvalue weighted by molar-refractivity contribution is 5.38. The molecule has 0 atom stereocenters. The van der Waals surface area contributed by atoms with Gasteiger partial charge in [-0.3, -0.25) is 0 Å². The summed E-state index contributed by atoms with van der Waals surface area (Å²) in [6.07, 6.45) is 0. The van der Waals surface area contributed by atoms with Gasteiger partial charge in [-0.2, -0.15) is 5.10 Å². The minimum Gasteiger partial charge on any atom is -0.234 e. The molecule has 0 radical (unpaired) electrons. The summed E-state index contributed by atoms with van der Waals surface area (Å²) < 4.78 is 28.8. The minimum atomic E-state index is -0.607. The van der Waals surface area contributed by atoms with Crippen molar-refractivity contribution in [3.63, 3.8) is 0 Å². The maximum Gasteiger partial charge on any atom is 0.151 e. The first kappa shape index (κ1) is 15.7. The Morgan fingerprint density at radius 3 is 2.00 bits per heavy atom. The van der Waals surface area contributed by atoms with Crippen LogP contribution >= 0.6 is 0 Å². The number of benzene rings is 1. The number of hydrogen-bond donors (Lipinski definition) is 0. The van der Waals surface area contributed by atoms with Crippen LogP contribution in [0.15, 0.2) is 24.3 Å². The molecule has 1 aromatic heterocycles. The third-order valence-corrected chi connectivity index (χ3v) is 3.38. The van der Waals surface area contributed by atoms with Crippen molar-refractivity contribution >= 4 is 0 Å². The van der Waals surface area contributed by atoms with Gasteiger partial charge in [0.1, 0.15) is 11.5 Å². The Bertz CT molecular complexity index is 658. The average molecular weight is 292 g/mol. The van der Waals surface area contributed by atoms with Crippen molar-refractivity contribution < 1.29 is 8.78 Å². The van der Waals surface area contributed by atoms with Crippen LogP contribution in [0.4, 0.5) is 8.78 Å². The summed E-state index contributed by atoms with van der Waals surface area (Å²) >= 11 is 0. The number of halogens is 2. The fourth-order valence-corrected chi connectivity index (χ4v) is 2.12. The number of nitrogens with zero attached hydrogens (tertiary/aromatic N) is 2. The van der Waals surface area contributed by atoms with Crippen molar-refractivity contribution in [2.75, 3.05) is 0 Å². The van der Waals surface area contributed by atoms with E-state index in [9.17, 15) is 8.78 Å². The fourth-order valence-electron chi connectivity index (χ4n) is 2.12. The van der Waals surface area contributed by atoms with Crippen LogP contribution in [-0.4, -0.2) is 9.78 Å². The Labute approximate surface area is 124 Å². The van der Waals surface area contributed by atoms with E-state index in [0.29, 0.717) is 0 Å². The lowest BCUT2D eigenvalue weighted by Gasteiger charge is -2.20. The second kappa shape index (κ2) is 4.93. The summed E-state index contributed by atoms with van der Waals surface area (Å²) in [6, 6.07) is 5.58. The van der Waals surface area contributed by atoms with Gasteiger partial charge in [-0.1, -0.05) is 41.5 Å². The van der Waals surface area contributed by atoms with Gasteiger partial charge in [-0.25, -0.2) is 13.5 Å². The maximum absolute atomic E-state index is 14.1. The van der Waals surface area contributed by atoms with Crippen molar-refractivity contribution in [2.45, 2.75) is 52.4 Å². The third kappa shape index (κ3) is 3.14. The zero-order chi connectivity index (χ0) is 16.0. The van der Waals surface area contributed by atoms with E-state index < -0.39 is 11.6 Å². The molecule has 0 unspecified atom stereocenters. The van der Waals surface area contributed by atoms with Crippen LogP contribution in [0.1, 0.15) is 52.9 Å². The summed E-state index contributed by atoms with van der Waals surface area (Å²) in [5, 5.41) is 4.56. The summed E-state index contributed by atoms with van der Waals surface area (Å²) in [4.78, 5) is 0. The molecule has 2 aromatic rings. The molecule has 0 amide bonds. The molecule has 0 aliphatic carbocycles. The third-order valence-electron chi connectivity index (χ3n) is 3.38. The molecule has 0 fully saturated rings. The van der Waals surface area contributed by atoms with Gasteiger partial charge >= 0.3 is 0 Å². The van der Waals surface area contributed by atoms with E-state index in [1.54, 1.807) is 4.68 Å². The summed E-state index contributed by atoms with van der Waals surface area (Å²) in [5.74, 6) is -1.19. The van der Waals surface area contributed by atoms with Gasteiger partial charge in [0.2, 0.25) is 0 Å². The monoisotopic (exact) mass is 292 g/mol. The highest BCUT2D eigenvalue weighted by Crippen LogP contribution is 2.31. The summed E-state index contributed by atoms with van der Waals surface area (Å²) in [6.45, 7) is 12.3. The molecule has 0 N–H and O–H groups in total. The molecule has 2 rings (SSSR count). The molecule has 0 saturated heterocycles. The SMILES string of the molecule is CC(C)(C)c1cc(C(C)(C)C)n(-c2ccc(F)cc2F)n1. The van der Waals surface area contributed by atoms with Crippen molar-refractivity contribution in [1.82, 2.24) is 9.78 Å². The van der Waals surface area contributed by atoms with E-state index in [1.165, 1.54) is 12.1 Å². The molecular weight excluding hydrogens is 270 g/mol. The summed E-state index contributed by atoms with van der Waals surface area (Å²) in [5.41, 5.74) is 1.73. The van der Waals surface area contributed by atoms with Crippen molar-refractivity contribution in [2.24, 2.45) is 0 Å². The molecule has 2 nitrogen and oxygen atoms in total. The largest absolute Gasteiger partial charge is 0.234 e. The number of rotatable bonds is 1. The second-order valence-corrected chi connectivity index (χ2v) is 7.42. The van der Waals surface area contributed by atoms with Gasteiger partial charge in [-0.05, 0) is 18.2 Å². The Kier molecular flexibility index (Phi) is 3.68. The molecule has 1 aromatic carbocycles. The Balaban J connectivity index is 2.69. The standard InChI is InChI=1S/C17H22F2N2/c1-16(2,3)14-10-15(17(4,5)6)21(20-14)13-8-7-11(18)9-12(13)19/h7-10H,1-6H3. The quantitative estimate of drug-likeness (QED) is 0.742. The zero-order valence-electron chi connectivity index (χ0n) is 13.5. The fraction of sp³-hybridized carbons (Fsp3) is 0.471. The summed E-state index contributed by atoms with van der Waals surface area (Å²) in [7, 11) is 0. The molecule has 1 heterocycles. The van der Waals surface area contributed by atoms with Gasteiger partial charge in [0.15, 0.2) is 5.82 Å². The maximum atomic E-state index is 14.1. The van der Waals surface area contributed by atoms with Gasteiger partial charge < -0.3 is 0 Å². The van der Waals surface area contributed by atoms with Gasteiger partial charge in [-0.15, -0.1) is 0 Å². The van der Waals surface area contributed by atoms with Crippen LogP contribution in [0, 0.1) is 11.6 Å². The predicted molar refractivity (Wildman–Crippen MR) is 80.9 cm³/mol. The lowest BCUT2D eigenvalue weighted by Crippen LogP contribution is -2.18. The molecule has 114 valence electrons. The first-order chi connectivity index (χ1) is 9.50. The molecule has 0 saturated carbocycles. The van der Waals surface area contributed by atoms with E-state index in [1.807, 2.05) is 26.8 Å². The van der Waals surface area contributed by atoms with Crippen molar-refractivity contribution in [3.8, 4) is 5.69 Å². The molecule has 0 bridgehead atoms. The van der Waals surface area contributed by atoms with Crippen LogP contribution in [-0.2, 0) is 10.8 Å². The predicted octanol–water partition coefficient (Wildman–Crippen LogP) is 4.75. The van der Waals surface area contributed by atoms with Crippen LogP contribution in [0.5, 0.6) is 0 Å². The highest BCUT2D eigenvalue weighted by Gasteiger charge is 2.27. The van der Waals surface area contributed by atoms with Crippen LogP contribution in [0.3, 0.4) is 0 Å². The van der Waals surface area contributed by atoms with Crippen LogP contribution < -0.4 is 0 Å². The minimum absolute atomic E-state index is 0.137. The Morgan fingerprint density at radius 1 is 0.905 bits per heavy atom. The van der Waals surface area contributed by atoms with Gasteiger partial charge in [0.05, 0.1) is 5.69 Å². The molecule has 0 aliphatic rings. The molecule has 0 aliphatic heterocycles. The van der Waals surface area contributed by atoms with Crippen LogP contribution in [0.25, 0.3) is 5.69 Å². The smallest absolute Gasteiger partial charge is 0.151 e. The lowest BCUT2D eigenvalue weighted by atomic mass is 9.88. The van der Waals surface area contributed by atoms with Crippen molar-refractivity contribution in [3.05, 3.63) is 47.3 Å². The van der Waals surface area contributed by atoms with Gasteiger partial charge in [0, 0.05) is 22.6 Å². The molecular formula is C17H22F2N2. The van der Waals surface area contributed by atoms with Crippen LogP contribution in [0.2, 0.25) is 0 Å². The molecule has 21 heavy (non-hydrogen) atoms. The molecule has 4 heteroatoms. The lowest BCUT2D eigenvalue weighted by molar-refractivity contribution is 0.521. The van der Waals surface area contributed by atoms with E-state index >= 15 is 0 Å². The molecule has 0 spiro atoms. The van der Waals surface area contributed by atoms with E-state index in [0.717, 1.165) is 17.5 Å². The first-order valence-electron chi connectivity index (χ1n) is 7.06. The second-order valence-electron chi connectivity index (χ2n) is 7.42. The van der Waals surface area contributed by atoms with E-state index in [2.05, 4.69) is 25.9 Å². The zero-order valence-corrected chi connectivity index (χ0v) is 13.5. The number of aromatic nitrogens is 2. The van der Waals surface area contributed by atoms with E-state index in [4.69, 9.17) is 0 Å². The number of hydrogen-bond acceptors (Lipinski definition) is 1. The highest BCUT2D eigenvalue weighted by atomic mass is 19.1.